The molecule has 2 heterocycles. The molecule has 0 saturated carbocycles. The predicted octanol–water partition coefficient (Wildman–Crippen LogP) is 1.76. The third-order valence-electron chi connectivity index (χ3n) is 3.60. The Morgan fingerprint density at radius 2 is 1.95 bits per heavy atom. The lowest BCUT2D eigenvalue weighted by Gasteiger charge is -2.17. The first-order valence-corrected chi connectivity index (χ1v) is 6.93. The van der Waals surface area contributed by atoms with Crippen LogP contribution in [0.2, 0.25) is 0 Å². The molecule has 1 fully saturated rings. The van der Waals surface area contributed by atoms with Gasteiger partial charge in [-0.05, 0) is 30.7 Å². The molecule has 6 heteroatoms. The molecule has 1 saturated heterocycles. The second-order valence-electron chi connectivity index (χ2n) is 4.99. The summed E-state index contributed by atoms with van der Waals surface area (Å²) in [4.78, 5) is 29.6. The topological polar surface area (TPSA) is 62.3 Å². The second kappa shape index (κ2) is 5.93. The minimum absolute atomic E-state index is 0.244. The van der Waals surface area contributed by atoms with Crippen LogP contribution in [0.3, 0.4) is 0 Å². The molecule has 2 aromatic rings. The van der Waals surface area contributed by atoms with Gasteiger partial charge in [0, 0.05) is 24.5 Å². The van der Waals surface area contributed by atoms with E-state index in [2.05, 4.69) is 10.3 Å². The zero-order chi connectivity index (χ0) is 15.5. The molecule has 1 aliphatic heterocycles. The minimum atomic E-state index is -0.639. The number of anilines is 1. The minimum Gasteiger partial charge on any atom is -0.340 e. The molecule has 1 aliphatic rings. The van der Waals surface area contributed by atoms with E-state index in [-0.39, 0.29) is 17.5 Å². The number of carbonyl (C=O) groups excluding carboxylic acids is 2. The Hall–Kier alpha value is -2.76. The van der Waals surface area contributed by atoms with E-state index in [1.54, 1.807) is 30.3 Å². The van der Waals surface area contributed by atoms with Gasteiger partial charge in [0.2, 0.25) is 5.91 Å². The number of amides is 2. The van der Waals surface area contributed by atoms with Gasteiger partial charge in [0.1, 0.15) is 11.9 Å². The Balaban J connectivity index is 1.72. The van der Waals surface area contributed by atoms with E-state index >= 15 is 0 Å². The molecule has 0 aliphatic carbocycles. The maximum Gasteiger partial charge on any atom is 0.252 e. The van der Waals surface area contributed by atoms with Gasteiger partial charge in [-0.2, -0.15) is 0 Å². The molecule has 3 rings (SSSR count). The standard InChI is InChI=1S/C16H14FN3O2/c17-12-3-1-2-4-14(12)20-10-7-13(16(20)22)19-15(21)11-5-8-18-9-6-11/h1-6,8-9,13H,7,10H2,(H,19,21)/t13-/m1/s1. The summed E-state index contributed by atoms with van der Waals surface area (Å²) in [6.07, 6.45) is 3.47. The SMILES string of the molecule is O=C(N[C@@H]1CCN(c2ccccc2F)C1=O)c1ccncc1. The van der Waals surface area contributed by atoms with Gasteiger partial charge in [0.15, 0.2) is 0 Å². The van der Waals surface area contributed by atoms with Crippen molar-refractivity contribution < 1.29 is 14.0 Å². The summed E-state index contributed by atoms with van der Waals surface area (Å²) in [6, 6.07) is 8.62. The number of aromatic nitrogens is 1. The van der Waals surface area contributed by atoms with E-state index in [4.69, 9.17) is 0 Å². The molecular weight excluding hydrogens is 285 g/mol. The fraction of sp³-hybridized carbons (Fsp3) is 0.188. The van der Waals surface area contributed by atoms with Crippen LogP contribution in [0.4, 0.5) is 10.1 Å². The summed E-state index contributed by atoms with van der Waals surface area (Å²) in [7, 11) is 0. The average molecular weight is 299 g/mol. The summed E-state index contributed by atoms with van der Waals surface area (Å²) in [5.41, 5.74) is 0.681. The average Bonchev–Trinajstić information content (AvgIpc) is 2.90. The van der Waals surface area contributed by atoms with Gasteiger partial charge < -0.3 is 10.2 Å². The zero-order valence-electron chi connectivity index (χ0n) is 11.7. The molecule has 1 aromatic carbocycles. The number of hydrogen-bond acceptors (Lipinski definition) is 3. The van der Waals surface area contributed by atoms with Crippen LogP contribution in [-0.4, -0.2) is 29.4 Å². The molecule has 112 valence electrons. The van der Waals surface area contributed by atoms with Crippen LogP contribution in [-0.2, 0) is 4.79 Å². The number of halogens is 1. The van der Waals surface area contributed by atoms with Crippen molar-refractivity contribution in [1.29, 1.82) is 0 Å². The summed E-state index contributed by atoms with van der Waals surface area (Å²) < 4.78 is 13.8. The Morgan fingerprint density at radius 3 is 2.68 bits per heavy atom. The van der Waals surface area contributed by atoms with Crippen molar-refractivity contribution in [2.45, 2.75) is 12.5 Å². The Bertz CT molecular complexity index is 706. The number of pyridine rings is 1. The highest BCUT2D eigenvalue weighted by molar-refractivity contribution is 6.03. The van der Waals surface area contributed by atoms with Crippen molar-refractivity contribution in [3.63, 3.8) is 0 Å². The van der Waals surface area contributed by atoms with Crippen molar-refractivity contribution in [3.05, 3.63) is 60.2 Å². The third-order valence-corrected chi connectivity index (χ3v) is 3.60. The zero-order valence-corrected chi connectivity index (χ0v) is 11.7. The van der Waals surface area contributed by atoms with E-state index in [1.165, 1.54) is 23.4 Å². The Labute approximate surface area is 126 Å². The molecular formula is C16H14FN3O2. The van der Waals surface area contributed by atoms with Crippen molar-refractivity contribution in [2.75, 3.05) is 11.4 Å². The highest BCUT2D eigenvalue weighted by Gasteiger charge is 2.34. The molecule has 0 unspecified atom stereocenters. The molecule has 0 bridgehead atoms. The number of carbonyl (C=O) groups is 2. The summed E-state index contributed by atoms with van der Waals surface area (Å²) >= 11 is 0. The highest BCUT2D eigenvalue weighted by Crippen LogP contribution is 2.24. The van der Waals surface area contributed by atoms with E-state index in [0.717, 1.165) is 0 Å². The lowest BCUT2D eigenvalue weighted by molar-refractivity contribution is -0.118. The van der Waals surface area contributed by atoms with Crippen molar-refractivity contribution >= 4 is 17.5 Å². The number of benzene rings is 1. The van der Waals surface area contributed by atoms with Gasteiger partial charge >= 0.3 is 0 Å². The molecule has 22 heavy (non-hydrogen) atoms. The second-order valence-corrected chi connectivity index (χ2v) is 4.99. The van der Waals surface area contributed by atoms with Crippen LogP contribution >= 0.6 is 0 Å². The van der Waals surface area contributed by atoms with E-state index in [1.807, 2.05) is 0 Å². The summed E-state index contributed by atoms with van der Waals surface area (Å²) in [5, 5.41) is 2.68. The lowest BCUT2D eigenvalue weighted by Crippen LogP contribution is -2.41. The smallest absolute Gasteiger partial charge is 0.252 e. The van der Waals surface area contributed by atoms with Crippen molar-refractivity contribution in [3.8, 4) is 0 Å². The number of nitrogens with zero attached hydrogens (tertiary/aromatic N) is 2. The van der Waals surface area contributed by atoms with Crippen molar-refractivity contribution in [2.24, 2.45) is 0 Å². The first kappa shape index (κ1) is 14.2. The lowest BCUT2D eigenvalue weighted by atomic mass is 10.2. The molecule has 1 aromatic heterocycles. The maximum atomic E-state index is 13.8. The van der Waals surface area contributed by atoms with Crippen LogP contribution in [0.5, 0.6) is 0 Å². The fourth-order valence-corrected chi connectivity index (χ4v) is 2.47. The van der Waals surface area contributed by atoms with Gasteiger partial charge in [-0.1, -0.05) is 12.1 Å². The van der Waals surface area contributed by atoms with Gasteiger partial charge in [-0.15, -0.1) is 0 Å². The molecule has 1 atom stereocenters. The molecule has 0 radical (unpaired) electrons. The summed E-state index contributed by atoms with van der Waals surface area (Å²) in [5.74, 6) is -1.08. The normalized spacial score (nSPS) is 17.6. The monoisotopic (exact) mass is 299 g/mol. The highest BCUT2D eigenvalue weighted by atomic mass is 19.1. The first-order valence-electron chi connectivity index (χ1n) is 6.93. The Kier molecular flexibility index (Phi) is 3.82. The molecule has 5 nitrogen and oxygen atoms in total. The van der Waals surface area contributed by atoms with Crippen LogP contribution in [0.15, 0.2) is 48.8 Å². The third kappa shape index (κ3) is 2.67. The largest absolute Gasteiger partial charge is 0.340 e. The number of nitrogens with one attached hydrogen (secondary N) is 1. The van der Waals surface area contributed by atoms with Crippen LogP contribution in [0.1, 0.15) is 16.8 Å². The number of rotatable bonds is 3. The van der Waals surface area contributed by atoms with Gasteiger partial charge in [-0.25, -0.2) is 4.39 Å². The molecule has 0 spiro atoms. The van der Waals surface area contributed by atoms with Gasteiger partial charge in [0.25, 0.3) is 5.91 Å². The van der Waals surface area contributed by atoms with E-state index in [0.29, 0.717) is 18.5 Å². The summed E-state index contributed by atoms with van der Waals surface area (Å²) in [6.45, 7) is 0.376. The first-order chi connectivity index (χ1) is 10.7. The molecule has 1 N–H and O–H groups in total. The quantitative estimate of drug-likeness (QED) is 0.939. The van der Waals surface area contributed by atoms with Crippen LogP contribution in [0, 0.1) is 5.82 Å². The maximum absolute atomic E-state index is 13.8. The van der Waals surface area contributed by atoms with Crippen LogP contribution < -0.4 is 10.2 Å². The van der Waals surface area contributed by atoms with E-state index in [9.17, 15) is 14.0 Å². The van der Waals surface area contributed by atoms with Crippen LogP contribution in [0.25, 0.3) is 0 Å². The fourth-order valence-electron chi connectivity index (χ4n) is 2.47. The predicted molar refractivity (Wildman–Crippen MR) is 78.9 cm³/mol. The molecule has 2 amide bonds. The Morgan fingerprint density at radius 1 is 1.23 bits per heavy atom. The number of para-hydroxylation sites is 1. The van der Waals surface area contributed by atoms with Crippen molar-refractivity contribution in [1.82, 2.24) is 10.3 Å². The van der Waals surface area contributed by atoms with Gasteiger partial charge in [-0.3, -0.25) is 14.6 Å². The van der Waals surface area contributed by atoms with E-state index < -0.39 is 11.9 Å². The van der Waals surface area contributed by atoms with Gasteiger partial charge in [0.05, 0.1) is 5.69 Å². The number of hydrogen-bond donors (Lipinski definition) is 1.